The van der Waals surface area contributed by atoms with E-state index in [2.05, 4.69) is 19.9 Å². The van der Waals surface area contributed by atoms with E-state index in [1.54, 1.807) is 23.3 Å². The smallest absolute Gasteiger partial charge is 0.232 e. The van der Waals surface area contributed by atoms with Gasteiger partial charge in [-0.05, 0) is 60.8 Å². The number of anilines is 1. The van der Waals surface area contributed by atoms with Gasteiger partial charge in [0, 0.05) is 34.9 Å². The van der Waals surface area contributed by atoms with E-state index in [1.807, 2.05) is 24.3 Å². The van der Waals surface area contributed by atoms with E-state index in [0.717, 1.165) is 53.1 Å². The van der Waals surface area contributed by atoms with Crippen LogP contribution in [0.15, 0.2) is 35.5 Å². The molecule has 2 aliphatic carbocycles. The molecule has 0 unspecified atom stereocenters. The van der Waals surface area contributed by atoms with Crippen LogP contribution in [-0.4, -0.2) is 18.8 Å². The van der Waals surface area contributed by atoms with Crippen molar-refractivity contribution in [3.63, 3.8) is 0 Å². The van der Waals surface area contributed by atoms with Crippen molar-refractivity contribution in [3.05, 3.63) is 57.1 Å². The highest BCUT2D eigenvalue weighted by Gasteiger charge is 2.45. The molecule has 1 amide bonds. The van der Waals surface area contributed by atoms with E-state index in [1.165, 1.54) is 11.3 Å². The van der Waals surface area contributed by atoms with Gasteiger partial charge < -0.3 is 4.74 Å². The van der Waals surface area contributed by atoms with E-state index in [4.69, 9.17) is 4.74 Å². The molecule has 3 aliphatic rings. The summed E-state index contributed by atoms with van der Waals surface area (Å²) in [4.78, 5) is 30.4. The van der Waals surface area contributed by atoms with Crippen molar-refractivity contribution in [1.29, 1.82) is 5.26 Å². The van der Waals surface area contributed by atoms with Crippen LogP contribution in [0, 0.1) is 16.7 Å². The summed E-state index contributed by atoms with van der Waals surface area (Å²) in [6.45, 7) is 4.17. The van der Waals surface area contributed by atoms with Gasteiger partial charge in [0.1, 0.15) is 16.8 Å². The molecule has 1 aromatic carbocycles. The number of carbonyl (C=O) groups is 2. The molecule has 5 nitrogen and oxygen atoms in total. The molecule has 1 aromatic heterocycles. The number of rotatable bonds is 3. The Morgan fingerprint density at radius 1 is 1.15 bits per heavy atom. The van der Waals surface area contributed by atoms with Gasteiger partial charge in [-0.15, -0.1) is 11.3 Å². The van der Waals surface area contributed by atoms with Crippen LogP contribution in [0.1, 0.15) is 79.9 Å². The SMILES string of the molecule is COc1cccc([C@H]2CC(=O)N(c3sc4c(c3C#N)CCCCC4)C3=C2C(=O)CC(C)(C)C3)c1. The molecular formula is C28H30N2O3S. The Bertz CT molecular complexity index is 1250. The first-order chi connectivity index (χ1) is 16.3. The number of nitriles is 1. The maximum Gasteiger partial charge on any atom is 0.232 e. The summed E-state index contributed by atoms with van der Waals surface area (Å²) in [5, 5.41) is 10.9. The lowest BCUT2D eigenvalue weighted by Gasteiger charge is -2.42. The summed E-state index contributed by atoms with van der Waals surface area (Å²) in [6, 6.07) is 10.1. The molecule has 34 heavy (non-hydrogen) atoms. The van der Waals surface area contributed by atoms with Crippen LogP contribution in [0.5, 0.6) is 5.75 Å². The van der Waals surface area contributed by atoms with Gasteiger partial charge in [0.2, 0.25) is 5.91 Å². The van der Waals surface area contributed by atoms with Gasteiger partial charge in [-0.3, -0.25) is 14.5 Å². The first-order valence-corrected chi connectivity index (χ1v) is 12.9. The van der Waals surface area contributed by atoms with Crippen LogP contribution < -0.4 is 9.64 Å². The third-order valence-corrected chi connectivity index (χ3v) is 8.63. The normalized spacial score (nSPS) is 22.1. The van der Waals surface area contributed by atoms with Crippen LogP contribution in [0.4, 0.5) is 5.00 Å². The maximum atomic E-state index is 13.8. The number of aryl methyl sites for hydroxylation is 1. The summed E-state index contributed by atoms with van der Waals surface area (Å²) in [5.74, 6) is 0.492. The van der Waals surface area contributed by atoms with E-state index in [9.17, 15) is 14.9 Å². The number of hydrogen-bond acceptors (Lipinski definition) is 5. The van der Waals surface area contributed by atoms with Crippen molar-refractivity contribution in [2.45, 2.75) is 71.1 Å². The second-order valence-corrected chi connectivity index (χ2v) is 11.5. The highest BCUT2D eigenvalue weighted by atomic mass is 32.1. The summed E-state index contributed by atoms with van der Waals surface area (Å²) in [6.07, 6.45) is 6.51. The molecule has 0 spiro atoms. The lowest BCUT2D eigenvalue weighted by molar-refractivity contribution is -0.120. The zero-order chi connectivity index (χ0) is 24.0. The summed E-state index contributed by atoms with van der Waals surface area (Å²) in [7, 11) is 1.62. The molecule has 5 rings (SSSR count). The summed E-state index contributed by atoms with van der Waals surface area (Å²) >= 11 is 1.59. The van der Waals surface area contributed by atoms with Gasteiger partial charge in [-0.2, -0.15) is 5.26 Å². The molecule has 6 heteroatoms. The topological polar surface area (TPSA) is 70.4 Å². The number of carbonyl (C=O) groups excluding carboxylic acids is 2. The van der Waals surface area contributed by atoms with Crippen molar-refractivity contribution in [2.75, 3.05) is 12.0 Å². The second-order valence-electron chi connectivity index (χ2n) is 10.4. The number of allylic oxidation sites excluding steroid dienone is 2. The fourth-order valence-corrected chi connectivity index (χ4v) is 7.18. The monoisotopic (exact) mass is 474 g/mol. The molecule has 0 radical (unpaired) electrons. The minimum absolute atomic E-state index is 0.0371. The summed E-state index contributed by atoms with van der Waals surface area (Å²) in [5.41, 5.74) is 3.96. The molecule has 2 heterocycles. The molecule has 1 aliphatic heterocycles. The Labute approximate surface area is 205 Å². The zero-order valence-electron chi connectivity index (χ0n) is 20.1. The number of Topliss-reactive ketones (excluding diaryl/α,β-unsaturated/α-hetero) is 1. The lowest BCUT2D eigenvalue weighted by Crippen LogP contribution is -2.43. The van der Waals surface area contributed by atoms with Crippen LogP contribution in [0.2, 0.25) is 0 Å². The minimum Gasteiger partial charge on any atom is -0.497 e. The van der Waals surface area contributed by atoms with E-state index in [0.29, 0.717) is 24.2 Å². The van der Waals surface area contributed by atoms with Crippen LogP contribution >= 0.6 is 11.3 Å². The molecule has 0 bridgehead atoms. The van der Waals surface area contributed by atoms with Crippen molar-refractivity contribution >= 4 is 28.0 Å². The van der Waals surface area contributed by atoms with Gasteiger partial charge in [-0.25, -0.2) is 0 Å². The standard InChI is InChI=1S/C28H30N2O3S/c1-28(2)14-22-26(23(31)15-28)20(17-8-7-9-18(12-17)33-3)13-25(32)30(22)27-21(16-29)19-10-5-4-6-11-24(19)34-27/h7-9,12,20H,4-6,10-11,13-15H2,1-3H3/t20-/m1/s1. The van der Waals surface area contributed by atoms with Gasteiger partial charge in [0.05, 0.1) is 12.7 Å². The number of hydrogen-bond donors (Lipinski definition) is 0. The third-order valence-electron chi connectivity index (χ3n) is 7.36. The Balaban J connectivity index is 1.69. The van der Waals surface area contributed by atoms with E-state index < -0.39 is 0 Å². The first-order valence-electron chi connectivity index (χ1n) is 12.1. The minimum atomic E-state index is -0.291. The van der Waals surface area contributed by atoms with Gasteiger partial charge in [0.25, 0.3) is 0 Å². The number of fused-ring (bicyclic) bond motifs is 1. The molecule has 0 fully saturated rings. The predicted octanol–water partition coefficient (Wildman–Crippen LogP) is 6.06. The average molecular weight is 475 g/mol. The number of ketones is 1. The Kier molecular flexibility index (Phi) is 5.85. The number of benzene rings is 1. The van der Waals surface area contributed by atoms with Gasteiger partial charge in [0.15, 0.2) is 5.78 Å². The number of ether oxygens (including phenoxy) is 1. The number of nitrogens with zero attached hydrogens (tertiary/aromatic N) is 2. The molecule has 0 saturated carbocycles. The zero-order valence-corrected chi connectivity index (χ0v) is 20.9. The highest BCUT2D eigenvalue weighted by Crippen LogP contribution is 2.51. The number of methoxy groups -OCH3 is 1. The molecule has 2 aromatic rings. The number of thiophene rings is 1. The molecular weight excluding hydrogens is 444 g/mol. The highest BCUT2D eigenvalue weighted by molar-refractivity contribution is 7.16. The quantitative estimate of drug-likeness (QED) is 0.507. The van der Waals surface area contributed by atoms with E-state index in [-0.39, 0.29) is 29.4 Å². The van der Waals surface area contributed by atoms with Crippen LogP contribution in [-0.2, 0) is 22.4 Å². The average Bonchev–Trinajstić information content (AvgIpc) is 2.97. The fourth-order valence-electron chi connectivity index (χ4n) is 5.79. The summed E-state index contributed by atoms with van der Waals surface area (Å²) < 4.78 is 5.42. The second kappa shape index (κ2) is 8.70. The first kappa shape index (κ1) is 22.9. The van der Waals surface area contributed by atoms with Crippen molar-refractivity contribution in [2.24, 2.45) is 5.41 Å². The fraction of sp³-hybridized carbons (Fsp3) is 0.464. The molecule has 176 valence electrons. The van der Waals surface area contributed by atoms with Crippen molar-refractivity contribution < 1.29 is 14.3 Å². The van der Waals surface area contributed by atoms with Crippen molar-refractivity contribution in [1.82, 2.24) is 0 Å². The Morgan fingerprint density at radius 2 is 1.94 bits per heavy atom. The predicted molar refractivity (Wildman–Crippen MR) is 133 cm³/mol. The largest absolute Gasteiger partial charge is 0.497 e. The van der Waals surface area contributed by atoms with Crippen molar-refractivity contribution in [3.8, 4) is 11.8 Å². The van der Waals surface area contributed by atoms with Gasteiger partial charge >= 0.3 is 0 Å². The van der Waals surface area contributed by atoms with E-state index >= 15 is 0 Å². The van der Waals surface area contributed by atoms with Crippen LogP contribution in [0.3, 0.4) is 0 Å². The number of amides is 1. The molecule has 0 N–H and O–H groups in total. The van der Waals surface area contributed by atoms with Gasteiger partial charge in [-0.1, -0.05) is 32.4 Å². The third kappa shape index (κ3) is 3.86. The Hall–Kier alpha value is -2.91. The van der Waals surface area contributed by atoms with Crippen LogP contribution in [0.25, 0.3) is 0 Å². The molecule has 0 saturated heterocycles. The maximum absolute atomic E-state index is 13.8. The lowest BCUT2D eigenvalue weighted by atomic mass is 9.69. The molecule has 1 atom stereocenters. The Morgan fingerprint density at radius 3 is 2.71 bits per heavy atom.